The fourth-order valence-corrected chi connectivity index (χ4v) is 4.79. The van der Waals surface area contributed by atoms with Crippen LogP contribution < -0.4 is 11.1 Å². The zero-order chi connectivity index (χ0) is 26.7. The molecule has 7 aromatic rings. The first kappa shape index (κ1) is 23.6. The van der Waals surface area contributed by atoms with E-state index >= 15 is 0 Å². The van der Waals surface area contributed by atoms with Gasteiger partial charge in [-0.05, 0) is 59.7 Å². The van der Waals surface area contributed by atoms with Gasteiger partial charge in [-0.25, -0.2) is 9.98 Å². The van der Waals surface area contributed by atoms with Crippen molar-refractivity contribution in [2.45, 2.75) is 0 Å². The van der Waals surface area contributed by atoms with Gasteiger partial charge in [-0.1, -0.05) is 97.1 Å². The maximum Gasteiger partial charge on any atom is 0.227 e. The van der Waals surface area contributed by atoms with Crippen LogP contribution in [0.2, 0.25) is 0 Å². The lowest BCUT2D eigenvalue weighted by Gasteiger charge is -2.06. The Morgan fingerprint density at radius 2 is 0.750 bits per heavy atom. The molecule has 0 atom stereocenters. The van der Waals surface area contributed by atoms with Crippen LogP contribution in [0, 0.1) is 0 Å². The predicted molar refractivity (Wildman–Crippen MR) is 160 cm³/mol. The lowest BCUT2D eigenvalue weighted by molar-refractivity contribution is 0.547. The van der Waals surface area contributed by atoms with Gasteiger partial charge in [0.25, 0.3) is 0 Å². The molecule has 0 saturated heterocycles. The van der Waals surface area contributed by atoms with Crippen LogP contribution in [0.1, 0.15) is 0 Å². The molecule has 0 radical (unpaired) electrons. The van der Waals surface area contributed by atoms with Crippen LogP contribution in [0.15, 0.2) is 164 Å². The lowest BCUT2D eigenvalue weighted by Crippen LogP contribution is -2.05. The smallest absolute Gasteiger partial charge is 0.227 e. The van der Waals surface area contributed by atoms with Crippen molar-refractivity contribution in [2.75, 3.05) is 0 Å². The molecule has 0 aliphatic rings. The fraction of sp³-hybridized carbons (Fsp3) is 0. The van der Waals surface area contributed by atoms with E-state index in [-0.39, 0.29) is 0 Å². The SMILES string of the molecule is c1ccc(-c2cc3ccccc3oc2=Nc2ccc(N=c3oc4ccccc4cc3-c3ccccc3)cc2)cc1. The molecule has 0 amide bonds. The zero-order valence-corrected chi connectivity index (χ0v) is 21.6. The molecule has 0 spiro atoms. The number of hydrogen-bond acceptors (Lipinski definition) is 4. The van der Waals surface area contributed by atoms with Crippen molar-refractivity contribution in [1.82, 2.24) is 0 Å². The summed E-state index contributed by atoms with van der Waals surface area (Å²) in [5, 5.41) is 2.06. The molecule has 40 heavy (non-hydrogen) atoms. The Morgan fingerprint density at radius 3 is 1.18 bits per heavy atom. The second-order valence-corrected chi connectivity index (χ2v) is 9.48. The number of fused-ring (bicyclic) bond motifs is 2. The minimum Gasteiger partial charge on any atom is -0.438 e. The van der Waals surface area contributed by atoms with Gasteiger partial charge in [0.2, 0.25) is 11.1 Å². The molecule has 190 valence electrons. The summed E-state index contributed by atoms with van der Waals surface area (Å²) >= 11 is 0. The maximum atomic E-state index is 6.28. The average Bonchev–Trinajstić information content (AvgIpc) is 3.02. The van der Waals surface area contributed by atoms with Crippen molar-refractivity contribution >= 4 is 33.3 Å². The third-order valence-corrected chi connectivity index (χ3v) is 6.79. The normalized spacial score (nSPS) is 12.3. The van der Waals surface area contributed by atoms with Crippen molar-refractivity contribution < 1.29 is 8.83 Å². The van der Waals surface area contributed by atoms with Gasteiger partial charge in [0.05, 0.1) is 11.4 Å². The molecule has 2 heterocycles. The summed E-state index contributed by atoms with van der Waals surface area (Å²) < 4.78 is 12.6. The van der Waals surface area contributed by atoms with E-state index in [1.54, 1.807) is 0 Å². The first-order valence-corrected chi connectivity index (χ1v) is 13.2. The summed E-state index contributed by atoms with van der Waals surface area (Å²) in [6, 6.07) is 48.4. The van der Waals surface area contributed by atoms with Crippen LogP contribution >= 0.6 is 0 Å². The summed E-state index contributed by atoms with van der Waals surface area (Å²) in [6.07, 6.45) is 0. The molecule has 0 bridgehead atoms. The molecule has 0 aliphatic carbocycles. The van der Waals surface area contributed by atoms with E-state index in [0.717, 1.165) is 55.6 Å². The highest BCUT2D eigenvalue weighted by Crippen LogP contribution is 2.25. The van der Waals surface area contributed by atoms with E-state index in [2.05, 4.69) is 36.4 Å². The Kier molecular flexibility index (Phi) is 6.11. The van der Waals surface area contributed by atoms with Crippen LogP contribution in [0.5, 0.6) is 0 Å². The summed E-state index contributed by atoms with van der Waals surface area (Å²) in [7, 11) is 0. The maximum absolute atomic E-state index is 6.28. The van der Waals surface area contributed by atoms with Gasteiger partial charge in [-0.2, -0.15) is 0 Å². The molecule has 4 nitrogen and oxygen atoms in total. The molecular formula is C36H24N2O2. The Labute approximate surface area is 230 Å². The van der Waals surface area contributed by atoms with Crippen LogP contribution in [0.25, 0.3) is 44.2 Å². The summed E-state index contributed by atoms with van der Waals surface area (Å²) in [5.74, 6) is 0. The average molecular weight is 517 g/mol. The van der Waals surface area contributed by atoms with E-state index in [4.69, 9.17) is 18.8 Å². The van der Waals surface area contributed by atoms with Crippen LogP contribution in [0.4, 0.5) is 11.4 Å². The standard InChI is InChI=1S/C36H24N2O2/c1-3-11-25(12-4-1)31-23-27-15-7-9-17-33(27)39-35(31)37-29-19-21-30(22-20-29)38-36-32(26-13-5-2-6-14-26)24-28-16-8-10-18-34(28)40-36/h1-24H. The van der Waals surface area contributed by atoms with Gasteiger partial charge in [-0.15, -0.1) is 0 Å². The Hall–Kier alpha value is -5.48. The Morgan fingerprint density at radius 1 is 0.375 bits per heavy atom. The van der Waals surface area contributed by atoms with Gasteiger partial charge in [-0.3, -0.25) is 0 Å². The molecule has 2 aromatic heterocycles. The second kappa shape index (κ2) is 10.4. The largest absolute Gasteiger partial charge is 0.438 e. The van der Waals surface area contributed by atoms with E-state index in [0.29, 0.717) is 11.1 Å². The first-order chi connectivity index (χ1) is 19.8. The summed E-state index contributed by atoms with van der Waals surface area (Å²) in [4.78, 5) is 9.78. The van der Waals surface area contributed by atoms with Gasteiger partial charge in [0, 0.05) is 21.9 Å². The quantitative estimate of drug-likeness (QED) is 0.234. The number of nitrogens with zero attached hydrogens (tertiary/aromatic N) is 2. The topological polar surface area (TPSA) is 51.0 Å². The molecule has 0 unspecified atom stereocenters. The Balaban J connectivity index is 1.33. The van der Waals surface area contributed by atoms with Gasteiger partial charge >= 0.3 is 0 Å². The highest BCUT2D eigenvalue weighted by atomic mass is 16.3. The molecule has 0 aliphatic heterocycles. The summed E-state index contributed by atoms with van der Waals surface area (Å²) in [6.45, 7) is 0. The van der Waals surface area contributed by atoms with Crippen molar-refractivity contribution in [3.8, 4) is 22.3 Å². The fourth-order valence-electron chi connectivity index (χ4n) is 4.79. The van der Waals surface area contributed by atoms with Gasteiger partial charge in [0.1, 0.15) is 11.2 Å². The monoisotopic (exact) mass is 516 g/mol. The molecule has 0 fully saturated rings. The van der Waals surface area contributed by atoms with E-state index in [1.807, 2.05) is 109 Å². The van der Waals surface area contributed by atoms with Crippen molar-refractivity contribution in [2.24, 2.45) is 9.98 Å². The highest BCUT2D eigenvalue weighted by molar-refractivity contribution is 5.82. The molecule has 0 N–H and O–H groups in total. The van der Waals surface area contributed by atoms with Gasteiger partial charge < -0.3 is 8.83 Å². The second-order valence-electron chi connectivity index (χ2n) is 9.48. The number of para-hydroxylation sites is 2. The van der Waals surface area contributed by atoms with E-state index in [9.17, 15) is 0 Å². The third kappa shape index (κ3) is 4.74. The van der Waals surface area contributed by atoms with Crippen molar-refractivity contribution in [3.05, 3.63) is 157 Å². The van der Waals surface area contributed by atoms with Crippen molar-refractivity contribution in [3.63, 3.8) is 0 Å². The molecular weight excluding hydrogens is 492 g/mol. The molecule has 4 heteroatoms. The Bertz CT molecular complexity index is 1940. The zero-order valence-electron chi connectivity index (χ0n) is 21.6. The third-order valence-electron chi connectivity index (χ3n) is 6.79. The van der Waals surface area contributed by atoms with E-state index in [1.165, 1.54) is 0 Å². The van der Waals surface area contributed by atoms with Crippen LogP contribution in [-0.2, 0) is 0 Å². The van der Waals surface area contributed by atoms with Crippen LogP contribution in [-0.4, -0.2) is 0 Å². The van der Waals surface area contributed by atoms with Gasteiger partial charge in [0.15, 0.2) is 0 Å². The molecule has 5 aromatic carbocycles. The number of hydrogen-bond donors (Lipinski definition) is 0. The first-order valence-electron chi connectivity index (χ1n) is 13.2. The molecule has 7 rings (SSSR count). The van der Waals surface area contributed by atoms with E-state index < -0.39 is 0 Å². The molecule has 0 saturated carbocycles. The minimum atomic E-state index is 0.561. The lowest BCUT2D eigenvalue weighted by atomic mass is 10.1. The summed E-state index contributed by atoms with van der Waals surface area (Å²) in [5.41, 5.74) is 8.23. The number of benzene rings is 5. The predicted octanol–water partition coefficient (Wildman–Crippen LogP) is 8.98. The minimum absolute atomic E-state index is 0.561. The van der Waals surface area contributed by atoms with Crippen LogP contribution in [0.3, 0.4) is 0 Å². The van der Waals surface area contributed by atoms with Crippen molar-refractivity contribution in [1.29, 1.82) is 0 Å². The highest BCUT2D eigenvalue weighted by Gasteiger charge is 2.08. The number of rotatable bonds is 4.